The third-order valence-electron chi connectivity index (χ3n) is 3.18. The third kappa shape index (κ3) is 6.53. The van der Waals surface area contributed by atoms with E-state index >= 15 is 0 Å². The van der Waals surface area contributed by atoms with Gasteiger partial charge in [0.1, 0.15) is 6.04 Å². The van der Waals surface area contributed by atoms with E-state index < -0.39 is 28.2 Å². The Hall–Kier alpha value is -2.33. The molecule has 0 saturated heterocycles. The zero-order chi connectivity index (χ0) is 17.6. The van der Waals surface area contributed by atoms with Gasteiger partial charge in [-0.3, -0.25) is 9.52 Å². The van der Waals surface area contributed by atoms with E-state index in [4.69, 9.17) is 10.9 Å². The predicted octanol–water partition coefficient (Wildman–Crippen LogP) is 0.324. The van der Waals surface area contributed by atoms with Gasteiger partial charge >= 0.3 is 6.03 Å². The minimum Gasteiger partial charge on any atom is -0.352 e. The van der Waals surface area contributed by atoms with Crippen molar-refractivity contribution >= 4 is 33.5 Å². The Morgan fingerprint density at radius 2 is 1.87 bits per heavy atom. The number of anilines is 2. The zero-order valence-electron chi connectivity index (χ0n) is 12.9. The van der Waals surface area contributed by atoms with Crippen LogP contribution in [0.15, 0.2) is 24.3 Å². The number of benzene rings is 1. The van der Waals surface area contributed by atoms with Crippen molar-refractivity contribution in [3.8, 4) is 0 Å². The molecule has 0 spiro atoms. The molecule has 2 atom stereocenters. The molecule has 7 N–H and O–H groups in total. The molecule has 0 radical (unpaired) electrons. The number of primary amides is 1. The lowest BCUT2D eigenvalue weighted by Crippen LogP contribution is -2.49. The Balaban J connectivity index is 2.90. The van der Waals surface area contributed by atoms with Gasteiger partial charge in [0.2, 0.25) is 5.91 Å². The summed E-state index contributed by atoms with van der Waals surface area (Å²) in [6, 6.07) is 4.41. The Labute approximate surface area is 135 Å². The fourth-order valence-electron chi connectivity index (χ4n) is 1.90. The molecule has 1 aromatic rings. The van der Waals surface area contributed by atoms with E-state index in [-0.39, 0.29) is 11.6 Å². The number of carbonyl (C=O) groups is 2. The lowest BCUT2D eigenvalue weighted by Gasteiger charge is -2.22. The molecule has 0 aliphatic heterocycles. The largest absolute Gasteiger partial charge is 0.352 e. The minimum atomic E-state index is -3.91. The molecule has 1 aromatic carbocycles. The number of amides is 3. The zero-order valence-corrected chi connectivity index (χ0v) is 13.7. The summed E-state index contributed by atoms with van der Waals surface area (Å²) in [6.07, 6.45) is 0.658. The van der Waals surface area contributed by atoms with E-state index in [1.54, 1.807) is 19.1 Å². The first kappa shape index (κ1) is 18.7. The molecule has 0 aliphatic carbocycles. The van der Waals surface area contributed by atoms with Gasteiger partial charge in [-0.1, -0.05) is 26.3 Å². The van der Waals surface area contributed by atoms with Crippen LogP contribution in [0.3, 0.4) is 0 Å². The molecule has 10 heteroatoms. The lowest BCUT2D eigenvalue weighted by molar-refractivity contribution is -0.119. The van der Waals surface area contributed by atoms with Crippen molar-refractivity contribution in [2.75, 3.05) is 10.0 Å². The van der Waals surface area contributed by atoms with Crippen LogP contribution >= 0.6 is 0 Å². The third-order valence-corrected chi connectivity index (χ3v) is 3.70. The van der Waals surface area contributed by atoms with Crippen LogP contribution in [0.25, 0.3) is 0 Å². The number of nitrogens with two attached hydrogens (primary N) is 2. The predicted molar refractivity (Wildman–Crippen MR) is 87.8 cm³/mol. The molecular weight excluding hydrogens is 322 g/mol. The molecule has 2 unspecified atom stereocenters. The van der Waals surface area contributed by atoms with Crippen molar-refractivity contribution in [1.82, 2.24) is 5.32 Å². The van der Waals surface area contributed by atoms with Gasteiger partial charge in [-0.05, 0) is 24.1 Å². The molecule has 0 aliphatic rings. The standard InChI is InChI=1S/C13H21N5O4S/c1-3-8(2)11(17-13(14)20)12(19)16-9-5-4-6-10(7-9)18-23(15,21)22/h4-8,11,18H,3H2,1-2H3,(H,16,19)(H3,14,17,20)(H2,15,21,22). The van der Waals surface area contributed by atoms with Gasteiger partial charge in [0.05, 0.1) is 5.69 Å². The second-order valence-corrected chi connectivity index (χ2v) is 6.38. The highest BCUT2D eigenvalue weighted by Gasteiger charge is 2.25. The molecule has 0 heterocycles. The smallest absolute Gasteiger partial charge is 0.312 e. The van der Waals surface area contributed by atoms with Crippen LogP contribution in [0.2, 0.25) is 0 Å². The van der Waals surface area contributed by atoms with Crippen LogP contribution in [0.5, 0.6) is 0 Å². The summed E-state index contributed by atoms with van der Waals surface area (Å²) in [5.41, 5.74) is 5.64. The normalized spacial score (nSPS) is 13.7. The summed E-state index contributed by atoms with van der Waals surface area (Å²) in [5, 5.41) is 9.89. The molecule has 0 fully saturated rings. The maximum Gasteiger partial charge on any atom is 0.312 e. The Kier molecular flexibility index (Phi) is 6.34. The van der Waals surface area contributed by atoms with E-state index in [0.29, 0.717) is 12.1 Å². The molecule has 128 valence electrons. The maximum atomic E-state index is 12.3. The van der Waals surface area contributed by atoms with E-state index in [0.717, 1.165) is 0 Å². The van der Waals surface area contributed by atoms with E-state index in [1.807, 2.05) is 6.92 Å². The fourth-order valence-corrected chi connectivity index (χ4v) is 2.36. The van der Waals surface area contributed by atoms with Gasteiger partial charge in [0.15, 0.2) is 0 Å². The molecule has 0 bridgehead atoms. The highest BCUT2D eigenvalue weighted by Crippen LogP contribution is 2.17. The Bertz CT molecular complexity index is 677. The first-order valence-corrected chi connectivity index (χ1v) is 8.44. The molecule has 1 rings (SSSR count). The number of hydrogen-bond acceptors (Lipinski definition) is 4. The van der Waals surface area contributed by atoms with Crippen LogP contribution in [0.1, 0.15) is 20.3 Å². The number of hydrogen-bond donors (Lipinski definition) is 5. The monoisotopic (exact) mass is 343 g/mol. The van der Waals surface area contributed by atoms with Crippen molar-refractivity contribution in [2.45, 2.75) is 26.3 Å². The van der Waals surface area contributed by atoms with Crippen molar-refractivity contribution in [3.63, 3.8) is 0 Å². The topological polar surface area (TPSA) is 156 Å². The molecule has 3 amide bonds. The minimum absolute atomic E-state index is 0.131. The summed E-state index contributed by atoms with van der Waals surface area (Å²) in [4.78, 5) is 23.3. The van der Waals surface area contributed by atoms with Crippen LogP contribution in [0, 0.1) is 5.92 Å². The van der Waals surface area contributed by atoms with Crippen LogP contribution < -0.4 is 26.2 Å². The van der Waals surface area contributed by atoms with Crippen LogP contribution in [-0.2, 0) is 15.0 Å². The number of urea groups is 1. The second kappa shape index (κ2) is 7.79. The number of rotatable bonds is 7. The SMILES string of the molecule is CCC(C)C(NC(N)=O)C(=O)Nc1cccc(NS(N)(=O)=O)c1. The van der Waals surface area contributed by atoms with Crippen molar-refractivity contribution in [1.29, 1.82) is 0 Å². The van der Waals surface area contributed by atoms with E-state index in [1.165, 1.54) is 12.1 Å². The van der Waals surface area contributed by atoms with Crippen LogP contribution in [0.4, 0.5) is 16.2 Å². The summed E-state index contributed by atoms with van der Waals surface area (Å²) in [7, 11) is -3.91. The van der Waals surface area contributed by atoms with Gasteiger partial charge in [-0.2, -0.15) is 8.42 Å². The maximum absolute atomic E-state index is 12.3. The first-order valence-electron chi connectivity index (χ1n) is 6.89. The molecule has 9 nitrogen and oxygen atoms in total. The summed E-state index contributed by atoms with van der Waals surface area (Å²) >= 11 is 0. The lowest BCUT2D eigenvalue weighted by atomic mass is 9.98. The summed E-state index contributed by atoms with van der Waals surface area (Å²) in [6.45, 7) is 3.68. The van der Waals surface area contributed by atoms with Crippen molar-refractivity contribution in [3.05, 3.63) is 24.3 Å². The number of carbonyl (C=O) groups excluding carboxylic acids is 2. The van der Waals surface area contributed by atoms with Crippen molar-refractivity contribution in [2.24, 2.45) is 16.8 Å². The Morgan fingerprint density at radius 3 is 2.39 bits per heavy atom. The van der Waals surface area contributed by atoms with E-state index in [9.17, 15) is 18.0 Å². The highest BCUT2D eigenvalue weighted by molar-refractivity contribution is 7.90. The molecule has 0 aromatic heterocycles. The molecule has 0 saturated carbocycles. The number of nitrogens with one attached hydrogen (secondary N) is 3. The van der Waals surface area contributed by atoms with E-state index in [2.05, 4.69) is 15.4 Å². The van der Waals surface area contributed by atoms with Crippen LogP contribution in [-0.4, -0.2) is 26.4 Å². The molecular formula is C13H21N5O4S. The van der Waals surface area contributed by atoms with Crippen molar-refractivity contribution < 1.29 is 18.0 Å². The second-order valence-electron chi connectivity index (χ2n) is 5.09. The fraction of sp³-hybridized carbons (Fsp3) is 0.385. The summed E-state index contributed by atoms with van der Waals surface area (Å²) in [5.74, 6) is -0.584. The van der Waals surface area contributed by atoms with Gasteiger partial charge in [-0.15, -0.1) is 0 Å². The first-order chi connectivity index (χ1) is 10.6. The van der Waals surface area contributed by atoms with Gasteiger partial charge in [0, 0.05) is 5.69 Å². The average Bonchev–Trinajstić information content (AvgIpc) is 2.42. The molecule has 23 heavy (non-hydrogen) atoms. The quantitative estimate of drug-likeness (QED) is 0.483. The Morgan fingerprint density at radius 1 is 1.26 bits per heavy atom. The van der Waals surface area contributed by atoms with Gasteiger partial charge in [0.25, 0.3) is 10.2 Å². The average molecular weight is 343 g/mol. The highest BCUT2D eigenvalue weighted by atomic mass is 32.2. The van der Waals surface area contributed by atoms with Gasteiger partial charge in [-0.25, -0.2) is 9.93 Å². The summed E-state index contributed by atoms with van der Waals surface area (Å²) < 4.78 is 24.1. The van der Waals surface area contributed by atoms with Gasteiger partial charge < -0.3 is 16.4 Å².